The molecular formula is C17H14ClNO2. The number of hydrogen-bond donors (Lipinski definition) is 0. The average molecular weight is 300 g/mol. The first-order valence-corrected chi connectivity index (χ1v) is 6.71. The van der Waals surface area contributed by atoms with Gasteiger partial charge >= 0.3 is 5.97 Å². The van der Waals surface area contributed by atoms with Gasteiger partial charge in [-0.05, 0) is 29.3 Å². The van der Waals surface area contributed by atoms with E-state index in [1.165, 1.54) is 13.2 Å². The lowest BCUT2D eigenvalue weighted by Crippen LogP contribution is -1.93. The second-order valence-corrected chi connectivity index (χ2v) is 4.64. The summed E-state index contributed by atoms with van der Waals surface area (Å²) in [6.07, 6.45) is 4.82. The SMILES string of the molecule is COC(=O)/C=C/c1ccc(/C=N/c2ccccc2Cl)cc1. The number of halogens is 1. The lowest BCUT2D eigenvalue weighted by atomic mass is 10.1. The molecule has 0 saturated heterocycles. The van der Waals surface area contributed by atoms with Gasteiger partial charge in [0.05, 0.1) is 17.8 Å². The third-order valence-electron chi connectivity index (χ3n) is 2.75. The molecule has 0 aliphatic rings. The fraction of sp³-hybridized carbons (Fsp3) is 0.0588. The zero-order valence-electron chi connectivity index (χ0n) is 11.5. The Labute approximate surface area is 128 Å². The highest BCUT2D eigenvalue weighted by molar-refractivity contribution is 6.33. The van der Waals surface area contributed by atoms with Gasteiger partial charge in [0.2, 0.25) is 0 Å². The first-order valence-electron chi connectivity index (χ1n) is 6.34. The van der Waals surface area contributed by atoms with Gasteiger partial charge in [0, 0.05) is 12.3 Å². The highest BCUT2D eigenvalue weighted by Gasteiger charge is 1.95. The van der Waals surface area contributed by atoms with E-state index in [0.29, 0.717) is 5.02 Å². The Hall–Kier alpha value is -2.39. The minimum absolute atomic E-state index is 0.376. The number of nitrogens with zero attached hydrogens (tertiary/aromatic N) is 1. The van der Waals surface area contributed by atoms with E-state index in [0.717, 1.165) is 16.8 Å². The van der Waals surface area contributed by atoms with E-state index in [1.807, 2.05) is 42.5 Å². The highest BCUT2D eigenvalue weighted by atomic mass is 35.5. The molecule has 0 spiro atoms. The van der Waals surface area contributed by atoms with Gasteiger partial charge in [-0.3, -0.25) is 4.99 Å². The van der Waals surface area contributed by atoms with E-state index in [-0.39, 0.29) is 5.97 Å². The Morgan fingerprint density at radius 1 is 1.10 bits per heavy atom. The molecule has 0 radical (unpaired) electrons. The van der Waals surface area contributed by atoms with E-state index in [1.54, 1.807) is 18.4 Å². The summed E-state index contributed by atoms with van der Waals surface area (Å²) in [6.45, 7) is 0. The third kappa shape index (κ3) is 4.58. The number of rotatable bonds is 4. The van der Waals surface area contributed by atoms with Crippen LogP contribution in [0.5, 0.6) is 0 Å². The summed E-state index contributed by atoms with van der Waals surface area (Å²) in [5, 5.41) is 0.617. The van der Waals surface area contributed by atoms with Crippen LogP contribution in [-0.4, -0.2) is 19.3 Å². The lowest BCUT2D eigenvalue weighted by Gasteiger charge is -1.98. The molecule has 2 aromatic carbocycles. The highest BCUT2D eigenvalue weighted by Crippen LogP contribution is 2.23. The summed E-state index contributed by atoms with van der Waals surface area (Å²) >= 11 is 6.03. The van der Waals surface area contributed by atoms with Crippen molar-refractivity contribution in [3.05, 3.63) is 70.8 Å². The second kappa shape index (κ2) is 7.41. The maximum Gasteiger partial charge on any atom is 0.330 e. The summed E-state index contributed by atoms with van der Waals surface area (Å²) in [5.74, 6) is -0.376. The van der Waals surface area contributed by atoms with Crippen molar-refractivity contribution in [1.29, 1.82) is 0 Å². The first kappa shape index (κ1) is 15.0. The summed E-state index contributed by atoms with van der Waals surface area (Å²) in [7, 11) is 1.35. The van der Waals surface area contributed by atoms with Crippen LogP contribution < -0.4 is 0 Å². The summed E-state index contributed by atoms with van der Waals surface area (Å²) in [6, 6.07) is 15.0. The number of hydrogen-bond acceptors (Lipinski definition) is 3. The number of benzene rings is 2. The fourth-order valence-corrected chi connectivity index (χ4v) is 1.81. The number of methoxy groups -OCH3 is 1. The predicted octanol–water partition coefficient (Wildman–Crippen LogP) is 4.28. The van der Waals surface area contributed by atoms with E-state index < -0.39 is 0 Å². The van der Waals surface area contributed by atoms with Crippen molar-refractivity contribution >= 4 is 35.5 Å². The number of esters is 1. The molecule has 0 N–H and O–H groups in total. The Kier molecular flexibility index (Phi) is 5.29. The van der Waals surface area contributed by atoms with Crippen LogP contribution in [0.2, 0.25) is 5.02 Å². The zero-order chi connectivity index (χ0) is 15.1. The molecule has 2 aromatic rings. The smallest absolute Gasteiger partial charge is 0.330 e. The van der Waals surface area contributed by atoms with Gasteiger partial charge in [-0.15, -0.1) is 0 Å². The quantitative estimate of drug-likeness (QED) is 0.480. The molecule has 3 nitrogen and oxygen atoms in total. The Morgan fingerprint density at radius 3 is 2.43 bits per heavy atom. The lowest BCUT2D eigenvalue weighted by molar-refractivity contribution is -0.134. The maximum absolute atomic E-state index is 11.0. The van der Waals surface area contributed by atoms with Crippen LogP contribution in [-0.2, 0) is 9.53 Å². The number of ether oxygens (including phenoxy) is 1. The fourth-order valence-electron chi connectivity index (χ4n) is 1.63. The number of carbonyl (C=O) groups is 1. The van der Waals surface area contributed by atoms with Gasteiger partial charge < -0.3 is 4.74 Å². The molecule has 0 saturated carbocycles. The Balaban J connectivity index is 2.08. The van der Waals surface area contributed by atoms with Crippen LogP contribution in [0.3, 0.4) is 0 Å². The van der Waals surface area contributed by atoms with Crippen molar-refractivity contribution < 1.29 is 9.53 Å². The van der Waals surface area contributed by atoms with E-state index in [2.05, 4.69) is 9.73 Å². The third-order valence-corrected chi connectivity index (χ3v) is 3.07. The molecule has 4 heteroatoms. The molecule has 0 aromatic heterocycles. The Bertz CT molecular complexity index is 675. The van der Waals surface area contributed by atoms with Gasteiger partial charge in [-0.2, -0.15) is 0 Å². The summed E-state index contributed by atoms with van der Waals surface area (Å²) in [4.78, 5) is 15.3. The van der Waals surface area contributed by atoms with E-state index in [9.17, 15) is 4.79 Å². The number of aliphatic imine (C=N–C) groups is 1. The monoisotopic (exact) mass is 299 g/mol. The topological polar surface area (TPSA) is 38.7 Å². The normalized spacial score (nSPS) is 11.1. The van der Waals surface area contributed by atoms with Crippen LogP contribution in [0.25, 0.3) is 6.08 Å². The van der Waals surface area contributed by atoms with Gasteiger partial charge in [0.1, 0.15) is 0 Å². The standard InChI is InChI=1S/C17H14ClNO2/c1-21-17(20)11-10-13-6-8-14(9-7-13)12-19-16-5-3-2-4-15(16)18/h2-12H,1H3/b11-10+,19-12+. The van der Waals surface area contributed by atoms with Crippen molar-refractivity contribution in [2.45, 2.75) is 0 Å². The van der Waals surface area contributed by atoms with Crippen molar-refractivity contribution in [2.75, 3.05) is 7.11 Å². The molecule has 0 heterocycles. The molecule has 0 unspecified atom stereocenters. The van der Waals surface area contributed by atoms with Crippen LogP contribution >= 0.6 is 11.6 Å². The molecule has 2 rings (SSSR count). The van der Waals surface area contributed by atoms with E-state index in [4.69, 9.17) is 11.6 Å². The molecular weight excluding hydrogens is 286 g/mol. The molecule has 0 aliphatic heterocycles. The molecule has 0 amide bonds. The minimum atomic E-state index is -0.376. The van der Waals surface area contributed by atoms with Gasteiger partial charge in [-0.25, -0.2) is 4.79 Å². The minimum Gasteiger partial charge on any atom is -0.466 e. The summed E-state index contributed by atoms with van der Waals surface area (Å²) < 4.78 is 4.54. The average Bonchev–Trinajstić information content (AvgIpc) is 2.53. The van der Waals surface area contributed by atoms with Crippen molar-refractivity contribution in [2.24, 2.45) is 4.99 Å². The Morgan fingerprint density at radius 2 is 1.76 bits per heavy atom. The van der Waals surface area contributed by atoms with Gasteiger partial charge in [0.25, 0.3) is 0 Å². The van der Waals surface area contributed by atoms with Gasteiger partial charge in [-0.1, -0.05) is 48.0 Å². The second-order valence-electron chi connectivity index (χ2n) is 4.23. The maximum atomic E-state index is 11.0. The van der Waals surface area contributed by atoms with Crippen molar-refractivity contribution in [3.63, 3.8) is 0 Å². The van der Waals surface area contributed by atoms with Crippen LogP contribution in [0.4, 0.5) is 5.69 Å². The van der Waals surface area contributed by atoms with Crippen molar-refractivity contribution in [1.82, 2.24) is 0 Å². The molecule has 0 atom stereocenters. The van der Waals surface area contributed by atoms with Gasteiger partial charge in [0.15, 0.2) is 0 Å². The summed E-state index contributed by atoms with van der Waals surface area (Å²) in [5.41, 5.74) is 2.59. The van der Waals surface area contributed by atoms with Crippen LogP contribution in [0.1, 0.15) is 11.1 Å². The molecule has 0 fully saturated rings. The molecule has 0 bridgehead atoms. The molecule has 0 aliphatic carbocycles. The van der Waals surface area contributed by atoms with E-state index >= 15 is 0 Å². The van der Waals surface area contributed by atoms with Crippen LogP contribution in [0, 0.1) is 0 Å². The zero-order valence-corrected chi connectivity index (χ0v) is 12.2. The molecule has 106 valence electrons. The number of carbonyl (C=O) groups excluding carboxylic acids is 1. The van der Waals surface area contributed by atoms with Crippen molar-refractivity contribution in [3.8, 4) is 0 Å². The largest absolute Gasteiger partial charge is 0.466 e. The molecule has 21 heavy (non-hydrogen) atoms. The van der Waals surface area contributed by atoms with Crippen LogP contribution in [0.15, 0.2) is 59.6 Å². The predicted molar refractivity (Wildman–Crippen MR) is 86.2 cm³/mol. The number of para-hydroxylation sites is 1. The first-order chi connectivity index (χ1) is 10.2.